The summed E-state index contributed by atoms with van der Waals surface area (Å²) in [6.45, 7) is 0. The van der Waals surface area contributed by atoms with Gasteiger partial charge in [0.2, 0.25) is 0 Å². The van der Waals surface area contributed by atoms with Crippen molar-refractivity contribution < 1.29 is 13.9 Å². The van der Waals surface area contributed by atoms with Crippen LogP contribution in [0.4, 0.5) is 8.78 Å². The lowest BCUT2D eigenvalue weighted by Crippen LogP contribution is -2.35. The Morgan fingerprint density at radius 3 is 2.40 bits per heavy atom. The van der Waals surface area contributed by atoms with Crippen molar-refractivity contribution in [2.24, 2.45) is 11.7 Å². The van der Waals surface area contributed by atoms with Crippen molar-refractivity contribution in [1.29, 1.82) is 0 Å². The average Bonchev–Trinajstić information content (AvgIpc) is 2.43. The zero-order chi connectivity index (χ0) is 14.0. The average molecular weight is 371 g/mol. The molecule has 3 N–H and O–H groups in total. The summed E-state index contributed by atoms with van der Waals surface area (Å²) in [5.74, 6) is -1.40. The van der Waals surface area contributed by atoms with Crippen LogP contribution in [-0.2, 0) is 0 Å². The van der Waals surface area contributed by atoms with E-state index in [0.717, 1.165) is 38.2 Å². The fourth-order valence-corrected chi connectivity index (χ4v) is 3.13. The predicted octanol–water partition coefficient (Wildman–Crippen LogP) is 4.09. The second-order valence-electron chi connectivity index (χ2n) is 5.17. The third-order valence-corrected chi connectivity index (χ3v) is 4.53. The maximum Gasteiger partial charge on any atom is 0.145 e. The van der Waals surface area contributed by atoms with E-state index in [1.54, 1.807) is 0 Å². The molecule has 1 fully saturated rings. The molecule has 2 rings (SSSR count). The molecule has 20 heavy (non-hydrogen) atoms. The van der Waals surface area contributed by atoms with Crippen molar-refractivity contribution in [1.82, 2.24) is 0 Å². The van der Waals surface area contributed by atoms with Gasteiger partial charge in [-0.15, -0.1) is 12.4 Å². The zero-order valence-electron chi connectivity index (χ0n) is 11.0. The van der Waals surface area contributed by atoms with Crippen molar-refractivity contribution in [2.45, 2.75) is 44.2 Å². The second kappa shape index (κ2) is 7.69. The maximum absolute atomic E-state index is 14.0. The monoisotopic (exact) mass is 369 g/mol. The molecule has 1 aromatic carbocycles. The molecule has 0 bridgehead atoms. The van der Waals surface area contributed by atoms with Gasteiger partial charge in [0.1, 0.15) is 11.6 Å². The van der Waals surface area contributed by atoms with Crippen molar-refractivity contribution in [3.05, 3.63) is 33.8 Å². The molecule has 2 nitrogen and oxygen atoms in total. The van der Waals surface area contributed by atoms with Crippen molar-refractivity contribution in [3.63, 3.8) is 0 Å². The summed E-state index contributed by atoms with van der Waals surface area (Å²) in [6, 6.07) is 1.43. The van der Waals surface area contributed by atoms with Crippen LogP contribution in [0.3, 0.4) is 0 Å². The highest BCUT2D eigenvalue weighted by Crippen LogP contribution is 2.34. The van der Waals surface area contributed by atoms with E-state index in [1.165, 1.54) is 6.07 Å². The number of rotatable bonds is 3. The van der Waals surface area contributed by atoms with Gasteiger partial charge in [-0.05, 0) is 46.8 Å². The van der Waals surface area contributed by atoms with Crippen LogP contribution in [0.15, 0.2) is 16.6 Å². The van der Waals surface area contributed by atoms with E-state index in [0.29, 0.717) is 0 Å². The van der Waals surface area contributed by atoms with Crippen LogP contribution in [0, 0.1) is 17.6 Å². The zero-order valence-corrected chi connectivity index (χ0v) is 13.4. The third-order valence-electron chi connectivity index (χ3n) is 3.91. The Labute approximate surface area is 132 Å². The molecule has 0 spiro atoms. The van der Waals surface area contributed by atoms with E-state index in [-0.39, 0.29) is 28.4 Å². The SMILES string of the molecule is Cl.N[C@@H](c1c(F)ccc(Br)c1F)[C@H](O)C1CCCCC1. The molecule has 0 unspecified atom stereocenters. The van der Waals surface area contributed by atoms with Crippen LogP contribution in [-0.4, -0.2) is 11.2 Å². The highest BCUT2D eigenvalue weighted by molar-refractivity contribution is 9.10. The van der Waals surface area contributed by atoms with Crippen LogP contribution in [0.1, 0.15) is 43.7 Å². The number of aliphatic hydroxyl groups excluding tert-OH is 1. The third kappa shape index (κ3) is 3.70. The molecule has 2 atom stereocenters. The van der Waals surface area contributed by atoms with Gasteiger partial charge < -0.3 is 10.8 Å². The van der Waals surface area contributed by atoms with Gasteiger partial charge in [-0.1, -0.05) is 19.3 Å². The van der Waals surface area contributed by atoms with E-state index in [4.69, 9.17) is 5.73 Å². The molecule has 0 radical (unpaired) electrons. The van der Waals surface area contributed by atoms with Gasteiger partial charge in [0.05, 0.1) is 16.6 Å². The molecule has 1 aliphatic carbocycles. The topological polar surface area (TPSA) is 46.2 Å². The summed E-state index contributed by atoms with van der Waals surface area (Å²) in [7, 11) is 0. The summed E-state index contributed by atoms with van der Waals surface area (Å²) >= 11 is 3.01. The summed E-state index contributed by atoms with van der Waals surface area (Å²) in [6.07, 6.45) is 4.06. The van der Waals surface area contributed by atoms with Gasteiger partial charge in [-0.2, -0.15) is 0 Å². The summed E-state index contributed by atoms with van der Waals surface area (Å²) in [4.78, 5) is 0. The summed E-state index contributed by atoms with van der Waals surface area (Å²) in [5.41, 5.74) is 5.66. The molecule has 0 aromatic heterocycles. The van der Waals surface area contributed by atoms with Crippen LogP contribution in [0.5, 0.6) is 0 Å². The Morgan fingerprint density at radius 2 is 1.80 bits per heavy atom. The largest absolute Gasteiger partial charge is 0.391 e. The van der Waals surface area contributed by atoms with E-state index >= 15 is 0 Å². The van der Waals surface area contributed by atoms with Gasteiger partial charge in [0.25, 0.3) is 0 Å². The van der Waals surface area contributed by atoms with Crippen LogP contribution in [0.25, 0.3) is 0 Å². The summed E-state index contributed by atoms with van der Waals surface area (Å²) < 4.78 is 27.9. The lowest BCUT2D eigenvalue weighted by molar-refractivity contribution is 0.0596. The molecule has 1 saturated carbocycles. The maximum atomic E-state index is 14.0. The highest BCUT2D eigenvalue weighted by Gasteiger charge is 2.31. The van der Waals surface area contributed by atoms with Crippen LogP contribution in [0.2, 0.25) is 0 Å². The lowest BCUT2D eigenvalue weighted by Gasteiger charge is -2.31. The predicted molar refractivity (Wildman–Crippen MR) is 80.8 cm³/mol. The number of nitrogens with two attached hydrogens (primary N) is 1. The molecule has 0 amide bonds. The number of halogens is 4. The Balaban J connectivity index is 0.00000200. The van der Waals surface area contributed by atoms with E-state index in [1.807, 2.05) is 0 Å². The second-order valence-corrected chi connectivity index (χ2v) is 6.03. The molecule has 114 valence electrons. The summed E-state index contributed by atoms with van der Waals surface area (Å²) in [5, 5.41) is 10.3. The van der Waals surface area contributed by atoms with Gasteiger partial charge in [-0.3, -0.25) is 0 Å². The van der Waals surface area contributed by atoms with Crippen molar-refractivity contribution >= 4 is 28.3 Å². The molecule has 6 heteroatoms. The normalized spacial score (nSPS) is 19.2. The number of hydrogen-bond acceptors (Lipinski definition) is 2. The van der Waals surface area contributed by atoms with Gasteiger partial charge in [-0.25, -0.2) is 8.78 Å². The van der Waals surface area contributed by atoms with E-state index in [9.17, 15) is 13.9 Å². The molecule has 1 aromatic rings. The first-order valence-corrected chi connectivity index (χ1v) is 7.38. The Bertz CT molecular complexity index is 455. The molecule has 0 aliphatic heterocycles. The lowest BCUT2D eigenvalue weighted by atomic mass is 9.81. The standard InChI is InChI=1S/C14H18BrF2NO.ClH/c15-9-6-7-10(16)11(12(9)17)13(18)14(19)8-4-2-1-3-5-8;/h6-8,13-14,19H,1-5,18H2;1H/t13-,14+;/m0./s1. The molecular weight excluding hydrogens is 352 g/mol. The molecule has 0 saturated heterocycles. The fourth-order valence-electron chi connectivity index (χ4n) is 2.79. The minimum Gasteiger partial charge on any atom is -0.391 e. The Morgan fingerprint density at radius 1 is 1.20 bits per heavy atom. The first-order chi connectivity index (χ1) is 9.02. The molecular formula is C14H19BrClF2NO. The quantitative estimate of drug-likeness (QED) is 0.787. The first kappa shape index (κ1) is 17.8. The van der Waals surface area contributed by atoms with Gasteiger partial charge in [0.15, 0.2) is 0 Å². The van der Waals surface area contributed by atoms with E-state index < -0.39 is 23.8 Å². The molecule has 0 heterocycles. The van der Waals surface area contributed by atoms with Crippen LogP contribution >= 0.6 is 28.3 Å². The van der Waals surface area contributed by atoms with Crippen molar-refractivity contribution in [2.75, 3.05) is 0 Å². The smallest absolute Gasteiger partial charge is 0.145 e. The van der Waals surface area contributed by atoms with Gasteiger partial charge >= 0.3 is 0 Å². The fraction of sp³-hybridized carbons (Fsp3) is 0.571. The Hall–Kier alpha value is -0.230. The van der Waals surface area contributed by atoms with E-state index in [2.05, 4.69) is 15.9 Å². The van der Waals surface area contributed by atoms with Crippen LogP contribution < -0.4 is 5.73 Å². The van der Waals surface area contributed by atoms with Crippen molar-refractivity contribution in [3.8, 4) is 0 Å². The Kier molecular flexibility index (Phi) is 6.85. The molecule has 1 aliphatic rings. The first-order valence-electron chi connectivity index (χ1n) is 6.59. The van der Waals surface area contributed by atoms with Gasteiger partial charge in [0, 0.05) is 5.56 Å². The number of hydrogen-bond donors (Lipinski definition) is 2. The highest BCUT2D eigenvalue weighted by atomic mass is 79.9. The minimum absolute atomic E-state index is 0. The number of aliphatic hydroxyl groups is 1. The minimum atomic E-state index is -1.03. The number of benzene rings is 1.